The van der Waals surface area contributed by atoms with Crippen LogP contribution in [-0.2, 0) is 14.2 Å². The Balaban J connectivity index is 1.40. The zero-order valence-corrected chi connectivity index (χ0v) is 22.2. The van der Waals surface area contributed by atoms with Crippen molar-refractivity contribution in [2.75, 3.05) is 52.9 Å². The third-order valence-corrected chi connectivity index (χ3v) is 7.22. The number of hydrogen-bond donors (Lipinski definition) is 1. The number of fused-ring (bicyclic) bond motifs is 2. The highest BCUT2D eigenvalue weighted by Gasteiger charge is 2.28. The van der Waals surface area contributed by atoms with Crippen LogP contribution in [0.15, 0.2) is 60.7 Å². The lowest BCUT2D eigenvalue weighted by Gasteiger charge is -2.20. The molecule has 8 nitrogen and oxygen atoms in total. The van der Waals surface area contributed by atoms with Crippen molar-refractivity contribution >= 4 is 21.5 Å². The minimum absolute atomic E-state index is 0.0821. The summed E-state index contributed by atoms with van der Waals surface area (Å²) in [6.07, 6.45) is 0.944. The summed E-state index contributed by atoms with van der Waals surface area (Å²) in [5, 5.41) is 13.3. The first-order chi connectivity index (χ1) is 19.7. The Kier molecular flexibility index (Phi) is 7.07. The summed E-state index contributed by atoms with van der Waals surface area (Å²) in [5.74, 6) is 2.99. The Morgan fingerprint density at radius 1 is 0.600 bits per heavy atom. The number of benzene rings is 4. The van der Waals surface area contributed by atoms with E-state index in [1.165, 1.54) is 0 Å². The molecule has 7 rings (SSSR count). The number of aliphatic hydroxyl groups excluding tert-OH is 1. The molecule has 208 valence electrons. The van der Waals surface area contributed by atoms with Gasteiger partial charge in [0.15, 0.2) is 0 Å². The van der Waals surface area contributed by atoms with E-state index in [0.29, 0.717) is 46.1 Å². The van der Waals surface area contributed by atoms with Gasteiger partial charge in [-0.3, -0.25) is 0 Å². The van der Waals surface area contributed by atoms with Gasteiger partial charge in [0, 0.05) is 24.2 Å². The number of hydrogen-bond acceptors (Lipinski definition) is 8. The van der Waals surface area contributed by atoms with Crippen LogP contribution in [0.3, 0.4) is 0 Å². The summed E-state index contributed by atoms with van der Waals surface area (Å²) in [4.78, 5) is 0. The van der Waals surface area contributed by atoms with Gasteiger partial charge >= 0.3 is 0 Å². The standard InChI is InChI=1S/C32H32O8/c33-10-1-11-34-22-6-2-20-4-8-29(39-18-25-16-37-25)31(27(20)12-22)32-28-13-23(35-14-24-15-36-24)7-3-21(28)5-9-30(32)40-19-26-17-38-26/h2-9,12-13,24-26,33H,1,10-11,14-19H2/t24?,25-,26?/m0/s1. The van der Waals surface area contributed by atoms with Crippen LogP contribution >= 0.6 is 0 Å². The van der Waals surface area contributed by atoms with Gasteiger partial charge in [-0.2, -0.15) is 0 Å². The number of ether oxygens (including phenoxy) is 7. The van der Waals surface area contributed by atoms with Gasteiger partial charge in [-0.1, -0.05) is 24.3 Å². The van der Waals surface area contributed by atoms with Crippen LogP contribution in [0.25, 0.3) is 32.7 Å². The Morgan fingerprint density at radius 2 is 1.05 bits per heavy atom. The summed E-state index contributed by atoms with van der Waals surface area (Å²) < 4.78 is 41.1. The average molecular weight is 545 g/mol. The summed E-state index contributed by atoms with van der Waals surface area (Å²) in [5.41, 5.74) is 1.85. The second-order valence-electron chi connectivity index (χ2n) is 10.4. The molecule has 4 aromatic carbocycles. The molecule has 0 spiro atoms. The highest BCUT2D eigenvalue weighted by atomic mass is 16.6. The molecule has 3 atom stereocenters. The topological polar surface area (TPSA) is 94.7 Å². The zero-order valence-electron chi connectivity index (χ0n) is 22.2. The van der Waals surface area contributed by atoms with Crippen LogP contribution in [0, 0.1) is 0 Å². The molecule has 0 amide bonds. The SMILES string of the molecule is OCCCOc1ccc2ccc(OC[C@@H]3CO3)c(-c3c(OCC4CO4)ccc4ccc(OCC5CO5)cc34)c2c1. The molecule has 8 heteroatoms. The van der Waals surface area contributed by atoms with Crippen LogP contribution in [0.5, 0.6) is 23.0 Å². The maximum atomic E-state index is 9.23. The van der Waals surface area contributed by atoms with Crippen LogP contribution in [0.1, 0.15) is 6.42 Å². The molecule has 2 unspecified atom stereocenters. The minimum Gasteiger partial charge on any atom is -0.493 e. The first-order valence-electron chi connectivity index (χ1n) is 13.9. The molecule has 0 bridgehead atoms. The Bertz CT molecular complexity index is 1500. The van der Waals surface area contributed by atoms with Gasteiger partial charge in [0.1, 0.15) is 61.1 Å². The molecule has 1 N–H and O–H groups in total. The molecule has 3 aliphatic heterocycles. The van der Waals surface area contributed by atoms with Crippen molar-refractivity contribution in [3.63, 3.8) is 0 Å². The quantitative estimate of drug-likeness (QED) is 0.180. The fraction of sp³-hybridized carbons (Fsp3) is 0.375. The summed E-state index contributed by atoms with van der Waals surface area (Å²) in [6, 6.07) is 20.4. The normalized spacial score (nSPS) is 20.9. The summed E-state index contributed by atoms with van der Waals surface area (Å²) in [6.45, 7) is 4.14. The number of rotatable bonds is 14. The Labute approximate surface area is 232 Å². The lowest BCUT2D eigenvalue weighted by molar-refractivity contribution is 0.234. The molecule has 3 fully saturated rings. The van der Waals surface area contributed by atoms with Crippen molar-refractivity contribution in [3.05, 3.63) is 60.7 Å². The van der Waals surface area contributed by atoms with E-state index < -0.39 is 0 Å². The summed E-state index contributed by atoms with van der Waals surface area (Å²) in [7, 11) is 0. The van der Waals surface area contributed by atoms with Crippen molar-refractivity contribution in [2.45, 2.75) is 24.7 Å². The first-order valence-corrected chi connectivity index (χ1v) is 13.9. The van der Waals surface area contributed by atoms with Crippen molar-refractivity contribution < 1.29 is 38.3 Å². The molecule has 3 aliphatic rings. The first kappa shape index (κ1) is 25.4. The van der Waals surface area contributed by atoms with Crippen LogP contribution in [0.2, 0.25) is 0 Å². The predicted molar refractivity (Wildman–Crippen MR) is 150 cm³/mol. The maximum Gasteiger partial charge on any atom is 0.128 e. The van der Waals surface area contributed by atoms with E-state index >= 15 is 0 Å². The molecule has 0 radical (unpaired) electrons. The zero-order chi connectivity index (χ0) is 26.9. The van der Waals surface area contributed by atoms with E-state index in [4.69, 9.17) is 33.2 Å². The number of aliphatic hydroxyl groups is 1. The third-order valence-electron chi connectivity index (χ3n) is 7.22. The Morgan fingerprint density at radius 3 is 1.52 bits per heavy atom. The monoisotopic (exact) mass is 544 g/mol. The Hall–Kier alpha value is -3.56. The third kappa shape index (κ3) is 5.81. The maximum absolute atomic E-state index is 9.23. The number of epoxide rings is 3. The molecule has 0 aliphatic carbocycles. The predicted octanol–water partition coefficient (Wildman–Crippen LogP) is 4.75. The molecule has 3 saturated heterocycles. The second-order valence-corrected chi connectivity index (χ2v) is 10.4. The molecule has 0 aromatic heterocycles. The summed E-state index contributed by atoms with van der Waals surface area (Å²) >= 11 is 0. The molecule has 3 heterocycles. The smallest absolute Gasteiger partial charge is 0.128 e. The van der Waals surface area contributed by atoms with E-state index in [1.54, 1.807) is 0 Å². The van der Waals surface area contributed by atoms with Gasteiger partial charge in [-0.15, -0.1) is 0 Å². The van der Waals surface area contributed by atoms with E-state index in [1.807, 2.05) is 30.3 Å². The van der Waals surface area contributed by atoms with Crippen molar-refractivity contribution in [1.82, 2.24) is 0 Å². The highest BCUT2D eigenvalue weighted by Crippen LogP contribution is 2.47. The fourth-order valence-electron chi connectivity index (χ4n) is 4.80. The van der Waals surface area contributed by atoms with Gasteiger partial charge in [0.05, 0.1) is 26.4 Å². The van der Waals surface area contributed by atoms with Crippen LogP contribution in [0.4, 0.5) is 0 Å². The molecule has 40 heavy (non-hydrogen) atoms. The van der Waals surface area contributed by atoms with E-state index in [9.17, 15) is 5.11 Å². The van der Waals surface area contributed by atoms with Crippen LogP contribution in [-0.4, -0.2) is 76.3 Å². The molecular formula is C32H32O8. The van der Waals surface area contributed by atoms with E-state index in [0.717, 1.165) is 62.3 Å². The van der Waals surface area contributed by atoms with Gasteiger partial charge in [-0.25, -0.2) is 0 Å². The largest absolute Gasteiger partial charge is 0.493 e. The van der Waals surface area contributed by atoms with Crippen molar-refractivity contribution in [2.24, 2.45) is 0 Å². The second kappa shape index (κ2) is 11.1. The van der Waals surface area contributed by atoms with E-state index in [2.05, 4.69) is 30.3 Å². The lowest BCUT2D eigenvalue weighted by atomic mass is 9.92. The van der Waals surface area contributed by atoms with Crippen molar-refractivity contribution in [1.29, 1.82) is 0 Å². The van der Waals surface area contributed by atoms with Gasteiger partial charge in [0.2, 0.25) is 0 Å². The van der Waals surface area contributed by atoms with Crippen LogP contribution < -0.4 is 18.9 Å². The van der Waals surface area contributed by atoms with Crippen molar-refractivity contribution in [3.8, 4) is 34.1 Å². The molecular weight excluding hydrogens is 512 g/mol. The van der Waals surface area contributed by atoms with Gasteiger partial charge < -0.3 is 38.3 Å². The minimum atomic E-state index is 0.0821. The fourth-order valence-corrected chi connectivity index (χ4v) is 4.80. The highest BCUT2D eigenvalue weighted by molar-refractivity contribution is 6.10. The average Bonchev–Trinajstić information content (AvgIpc) is 3.82. The molecule has 0 saturated carbocycles. The van der Waals surface area contributed by atoms with Gasteiger partial charge in [-0.05, 0) is 57.9 Å². The van der Waals surface area contributed by atoms with Gasteiger partial charge in [0.25, 0.3) is 0 Å². The van der Waals surface area contributed by atoms with E-state index in [-0.39, 0.29) is 24.9 Å². The lowest BCUT2D eigenvalue weighted by Crippen LogP contribution is -2.08. The molecule has 4 aromatic rings.